The number of para-hydroxylation sites is 1. The van der Waals surface area contributed by atoms with E-state index in [1.807, 2.05) is 32.0 Å². The van der Waals surface area contributed by atoms with Gasteiger partial charge in [-0.25, -0.2) is 0 Å². The maximum absolute atomic E-state index is 14.1. The monoisotopic (exact) mass is 604 g/mol. The molecule has 5 N–H and O–H groups in total. The van der Waals surface area contributed by atoms with Crippen molar-refractivity contribution in [1.82, 2.24) is 36.6 Å². The zero-order chi connectivity index (χ0) is 31.6. The highest BCUT2D eigenvalue weighted by Gasteiger charge is 2.42. The fourth-order valence-corrected chi connectivity index (χ4v) is 5.07. The molecule has 1 aliphatic rings. The summed E-state index contributed by atoms with van der Waals surface area (Å²) >= 11 is 0. The summed E-state index contributed by atoms with van der Waals surface area (Å²) in [5, 5.41) is 31.0. The Hall–Kier alpha value is -5.14. The second kappa shape index (κ2) is 14.8. The number of aromatic amines is 1. The van der Waals surface area contributed by atoms with Crippen molar-refractivity contribution in [2.75, 3.05) is 4.90 Å². The van der Waals surface area contributed by atoms with Gasteiger partial charge in [-0.3, -0.25) is 28.9 Å². The van der Waals surface area contributed by atoms with Gasteiger partial charge < -0.3 is 21.1 Å². The Labute approximate surface area is 254 Å². The molecule has 2 aromatic carbocycles. The third-order valence-corrected chi connectivity index (χ3v) is 7.61. The number of hydrogen-bond donors (Lipinski definition) is 5. The topological polar surface area (TPSA) is 199 Å². The number of carbonyl (C=O) groups excluding carboxylic acids is 4. The smallest absolute Gasteiger partial charge is 0.303 e. The first-order valence-electron chi connectivity index (χ1n) is 14.4. The highest BCUT2D eigenvalue weighted by atomic mass is 16.4. The lowest BCUT2D eigenvalue weighted by Crippen LogP contribution is -2.58. The molecule has 4 atom stereocenters. The van der Waals surface area contributed by atoms with E-state index >= 15 is 0 Å². The Morgan fingerprint density at radius 2 is 1.77 bits per heavy atom. The largest absolute Gasteiger partial charge is 0.481 e. The normalized spacial score (nSPS) is 15.9. The lowest BCUT2D eigenvalue weighted by molar-refractivity contribution is -0.138. The van der Waals surface area contributed by atoms with Gasteiger partial charge in [0.05, 0.1) is 13.0 Å². The van der Waals surface area contributed by atoms with Crippen molar-refractivity contribution in [3.63, 3.8) is 0 Å². The number of aromatic nitrogens is 4. The summed E-state index contributed by atoms with van der Waals surface area (Å²) in [7, 11) is 0. The van der Waals surface area contributed by atoms with Crippen LogP contribution in [0, 0.1) is 5.92 Å². The van der Waals surface area contributed by atoms with Crippen LogP contribution in [-0.4, -0.2) is 73.5 Å². The average Bonchev–Trinajstić information content (AvgIpc) is 3.68. The van der Waals surface area contributed by atoms with E-state index < -0.39 is 48.2 Å². The van der Waals surface area contributed by atoms with Crippen molar-refractivity contribution >= 4 is 35.3 Å². The third-order valence-electron chi connectivity index (χ3n) is 7.61. The van der Waals surface area contributed by atoms with E-state index in [0.29, 0.717) is 12.1 Å². The van der Waals surface area contributed by atoms with Gasteiger partial charge in [0.25, 0.3) is 0 Å². The summed E-state index contributed by atoms with van der Waals surface area (Å²) in [5.41, 5.74) is 2.01. The van der Waals surface area contributed by atoms with E-state index in [4.69, 9.17) is 0 Å². The Bertz CT molecular complexity index is 1470. The van der Waals surface area contributed by atoms with Crippen molar-refractivity contribution in [3.8, 4) is 0 Å². The molecule has 2 heterocycles. The van der Waals surface area contributed by atoms with Crippen LogP contribution in [0.1, 0.15) is 50.1 Å². The quantitative estimate of drug-likeness (QED) is 0.177. The number of benzene rings is 2. The maximum atomic E-state index is 14.1. The van der Waals surface area contributed by atoms with Crippen LogP contribution in [0.4, 0.5) is 5.69 Å². The van der Waals surface area contributed by atoms with Crippen molar-refractivity contribution in [2.45, 2.75) is 70.6 Å². The van der Waals surface area contributed by atoms with Crippen molar-refractivity contribution in [3.05, 3.63) is 71.5 Å². The minimum Gasteiger partial charge on any atom is -0.481 e. The van der Waals surface area contributed by atoms with Crippen LogP contribution in [0.15, 0.2) is 54.6 Å². The van der Waals surface area contributed by atoms with Gasteiger partial charge in [-0.2, -0.15) is 5.21 Å². The summed E-state index contributed by atoms with van der Waals surface area (Å²) in [6.45, 7) is 3.66. The van der Waals surface area contributed by atoms with Crippen LogP contribution in [0.5, 0.6) is 0 Å². The summed E-state index contributed by atoms with van der Waals surface area (Å²) in [4.78, 5) is 66.8. The molecule has 1 aliphatic heterocycles. The molecule has 0 saturated heterocycles. The van der Waals surface area contributed by atoms with E-state index in [-0.39, 0.29) is 43.5 Å². The second-order valence-electron chi connectivity index (χ2n) is 10.7. The zero-order valence-electron chi connectivity index (χ0n) is 24.5. The van der Waals surface area contributed by atoms with Gasteiger partial charge in [0.1, 0.15) is 18.1 Å². The van der Waals surface area contributed by atoms with Crippen molar-refractivity contribution < 1.29 is 29.1 Å². The van der Waals surface area contributed by atoms with Crippen molar-refractivity contribution in [2.24, 2.45) is 5.92 Å². The SMILES string of the molecule is CC[C@H](C)[C@H](NC(=O)Cc1ccccc1)C(=O)N[C@H](CCC(=O)O)C(=O)N1c2ccccc2C[C@H]1C(=O)NCc1nn[nH]n1. The van der Waals surface area contributed by atoms with E-state index in [1.165, 1.54) is 4.90 Å². The fraction of sp³-hybridized carbons (Fsp3) is 0.400. The molecule has 14 heteroatoms. The predicted octanol–water partition coefficient (Wildman–Crippen LogP) is 0.897. The second-order valence-corrected chi connectivity index (χ2v) is 10.7. The van der Waals surface area contributed by atoms with Gasteiger partial charge in [-0.05, 0) is 29.5 Å². The number of aliphatic carboxylic acids is 1. The first-order valence-corrected chi connectivity index (χ1v) is 14.4. The number of nitrogens with zero attached hydrogens (tertiary/aromatic N) is 4. The van der Waals surface area contributed by atoms with E-state index in [2.05, 4.69) is 36.6 Å². The van der Waals surface area contributed by atoms with Gasteiger partial charge >= 0.3 is 5.97 Å². The molecule has 0 fully saturated rings. The van der Waals surface area contributed by atoms with Gasteiger partial charge in [-0.1, -0.05) is 74.0 Å². The molecule has 4 rings (SSSR count). The minimum atomic E-state index is -1.28. The number of carboxylic acid groups (broad SMARTS) is 1. The molecule has 1 aromatic heterocycles. The van der Waals surface area contributed by atoms with Gasteiger partial charge in [0.15, 0.2) is 5.82 Å². The third kappa shape index (κ3) is 8.02. The summed E-state index contributed by atoms with van der Waals surface area (Å²) in [6, 6.07) is 12.9. The number of carbonyl (C=O) groups is 5. The Morgan fingerprint density at radius 3 is 2.45 bits per heavy atom. The highest BCUT2D eigenvalue weighted by Crippen LogP contribution is 2.33. The summed E-state index contributed by atoms with van der Waals surface area (Å²) < 4.78 is 0. The molecule has 3 aromatic rings. The number of hydrogen-bond acceptors (Lipinski definition) is 8. The molecular weight excluding hydrogens is 568 g/mol. The molecule has 0 unspecified atom stereocenters. The molecule has 0 bridgehead atoms. The zero-order valence-corrected chi connectivity index (χ0v) is 24.5. The van der Waals surface area contributed by atoms with Gasteiger partial charge in [-0.15, -0.1) is 10.2 Å². The van der Waals surface area contributed by atoms with Gasteiger partial charge in [0.2, 0.25) is 23.6 Å². The van der Waals surface area contributed by atoms with Crippen LogP contribution in [0.2, 0.25) is 0 Å². The number of amides is 4. The number of rotatable bonds is 14. The standard InChI is InChI=1S/C30H36N8O6/c1-3-18(2)27(33-25(39)15-19-9-5-4-6-10-19)29(43)32-21(13-14-26(40)41)30(44)38-22-12-8-7-11-20(22)16-23(38)28(42)31-17-24-34-36-37-35-24/h4-12,18,21,23,27H,3,13-17H2,1-2H3,(H,31,42)(H,32,43)(H,33,39)(H,40,41)(H,34,35,36,37)/t18-,21+,23-,27-/m0/s1. The molecule has 14 nitrogen and oxygen atoms in total. The van der Waals surface area contributed by atoms with Crippen molar-refractivity contribution in [1.29, 1.82) is 0 Å². The number of fused-ring (bicyclic) bond motifs is 1. The Balaban J connectivity index is 1.55. The van der Waals surface area contributed by atoms with Crippen LogP contribution < -0.4 is 20.9 Å². The fourth-order valence-electron chi connectivity index (χ4n) is 5.07. The maximum Gasteiger partial charge on any atom is 0.303 e. The van der Waals surface area contributed by atoms with E-state index in [9.17, 15) is 29.1 Å². The van der Waals surface area contributed by atoms with Gasteiger partial charge in [0, 0.05) is 18.5 Å². The van der Waals surface area contributed by atoms with Crippen LogP contribution in [0.3, 0.4) is 0 Å². The van der Waals surface area contributed by atoms with E-state index in [0.717, 1.165) is 11.1 Å². The van der Waals surface area contributed by atoms with Crippen LogP contribution in [0.25, 0.3) is 0 Å². The lowest BCUT2D eigenvalue weighted by Gasteiger charge is -2.31. The molecule has 0 spiro atoms. The number of carboxylic acids is 1. The molecule has 44 heavy (non-hydrogen) atoms. The predicted molar refractivity (Wildman–Crippen MR) is 158 cm³/mol. The first kappa shape index (κ1) is 31.8. The highest BCUT2D eigenvalue weighted by molar-refractivity contribution is 6.07. The Kier molecular flexibility index (Phi) is 10.7. The number of tetrazole rings is 1. The first-order chi connectivity index (χ1) is 21.2. The molecule has 4 amide bonds. The molecule has 0 saturated carbocycles. The molecule has 232 valence electrons. The summed E-state index contributed by atoms with van der Waals surface area (Å²) in [5.74, 6) is -3.28. The molecular formula is C30H36N8O6. The Morgan fingerprint density at radius 1 is 1.05 bits per heavy atom. The number of anilines is 1. The van der Waals surface area contributed by atoms with E-state index in [1.54, 1.807) is 36.4 Å². The average molecular weight is 605 g/mol. The number of nitrogens with one attached hydrogen (secondary N) is 4. The number of H-pyrrole nitrogens is 1. The summed E-state index contributed by atoms with van der Waals surface area (Å²) in [6.07, 6.45) is 0.202. The minimum absolute atomic E-state index is 0.0251. The van der Waals surface area contributed by atoms with Crippen LogP contribution in [-0.2, 0) is 43.4 Å². The molecule has 0 radical (unpaired) electrons. The molecule has 0 aliphatic carbocycles. The van der Waals surface area contributed by atoms with Crippen LogP contribution >= 0.6 is 0 Å². The lowest BCUT2D eigenvalue weighted by atomic mass is 9.97.